The summed E-state index contributed by atoms with van der Waals surface area (Å²) in [6.07, 6.45) is 0. The highest BCUT2D eigenvalue weighted by Crippen LogP contribution is 2.52. The molecule has 0 amide bonds. The molecule has 248 valence electrons. The third-order valence-electron chi connectivity index (χ3n) is 12.3. The van der Waals surface area contributed by atoms with Crippen LogP contribution in [0.1, 0.15) is 25.0 Å². The van der Waals surface area contributed by atoms with Crippen molar-refractivity contribution in [3.05, 3.63) is 181 Å². The van der Waals surface area contributed by atoms with Crippen molar-refractivity contribution in [2.75, 3.05) is 4.90 Å². The van der Waals surface area contributed by atoms with Crippen molar-refractivity contribution in [2.24, 2.45) is 0 Å². The Morgan fingerprint density at radius 3 is 1.74 bits per heavy atom. The van der Waals surface area contributed by atoms with E-state index in [0.717, 1.165) is 11.4 Å². The first kappa shape index (κ1) is 29.0. The van der Waals surface area contributed by atoms with Gasteiger partial charge in [-0.2, -0.15) is 0 Å². The minimum absolute atomic E-state index is 0.117. The van der Waals surface area contributed by atoms with Crippen LogP contribution in [-0.4, -0.2) is 4.40 Å². The summed E-state index contributed by atoms with van der Waals surface area (Å²) in [5.74, 6) is 0. The zero-order valence-corrected chi connectivity index (χ0v) is 29.6. The van der Waals surface area contributed by atoms with Crippen LogP contribution in [-0.2, 0) is 5.41 Å². The van der Waals surface area contributed by atoms with E-state index in [1.165, 1.54) is 98.4 Å². The minimum atomic E-state index is -0.117. The molecule has 53 heavy (non-hydrogen) atoms. The van der Waals surface area contributed by atoms with E-state index in [9.17, 15) is 0 Å². The third-order valence-corrected chi connectivity index (χ3v) is 12.3. The van der Waals surface area contributed by atoms with Gasteiger partial charge in [0.05, 0.1) is 22.2 Å². The first-order chi connectivity index (χ1) is 26.1. The van der Waals surface area contributed by atoms with Crippen molar-refractivity contribution in [1.29, 1.82) is 0 Å². The Morgan fingerprint density at radius 1 is 0.396 bits per heavy atom. The highest BCUT2D eigenvalue weighted by Gasteiger charge is 2.36. The molecule has 0 aliphatic heterocycles. The van der Waals surface area contributed by atoms with Gasteiger partial charge < -0.3 is 9.30 Å². The van der Waals surface area contributed by atoms with Crippen molar-refractivity contribution in [3.63, 3.8) is 0 Å². The van der Waals surface area contributed by atoms with Crippen LogP contribution in [0.25, 0.3) is 81.5 Å². The summed E-state index contributed by atoms with van der Waals surface area (Å²) in [6, 6.07) is 63.4. The molecule has 2 heterocycles. The molecule has 0 saturated carbocycles. The maximum atomic E-state index is 2.52. The molecule has 0 spiro atoms. The number of rotatable bonds is 3. The Morgan fingerprint density at radius 2 is 0.943 bits per heavy atom. The van der Waals surface area contributed by atoms with Gasteiger partial charge in [-0.1, -0.05) is 141 Å². The van der Waals surface area contributed by atoms with Crippen LogP contribution in [0.5, 0.6) is 0 Å². The molecule has 2 heteroatoms. The number of fused-ring (bicyclic) bond motifs is 15. The molecule has 2 nitrogen and oxygen atoms in total. The first-order valence-corrected chi connectivity index (χ1v) is 18.6. The molecule has 0 fully saturated rings. The lowest BCUT2D eigenvalue weighted by atomic mass is 9.82. The summed E-state index contributed by atoms with van der Waals surface area (Å²) < 4.78 is 2.49. The second-order valence-electron chi connectivity index (χ2n) is 15.3. The van der Waals surface area contributed by atoms with Crippen LogP contribution in [0.15, 0.2) is 170 Å². The van der Waals surface area contributed by atoms with Gasteiger partial charge in [0.2, 0.25) is 0 Å². The first-order valence-electron chi connectivity index (χ1n) is 18.6. The second kappa shape index (κ2) is 10.2. The third kappa shape index (κ3) is 3.72. The monoisotopic (exact) mass is 674 g/mol. The summed E-state index contributed by atoms with van der Waals surface area (Å²) >= 11 is 0. The molecule has 0 N–H and O–H groups in total. The van der Waals surface area contributed by atoms with Gasteiger partial charge in [-0.15, -0.1) is 0 Å². The summed E-state index contributed by atoms with van der Waals surface area (Å²) in [4.78, 5) is 2.52. The molecule has 9 aromatic carbocycles. The van der Waals surface area contributed by atoms with Gasteiger partial charge in [-0.25, -0.2) is 0 Å². The Hall–Kier alpha value is -6.64. The number of hydrogen-bond donors (Lipinski definition) is 0. The average molecular weight is 675 g/mol. The van der Waals surface area contributed by atoms with Crippen molar-refractivity contribution < 1.29 is 0 Å². The normalized spacial score (nSPS) is 13.6. The predicted molar refractivity (Wildman–Crippen MR) is 226 cm³/mol. The SMILES string of the molecule is CC1(C)c2ccccc2-c2ccc(N(c3ccc4c5ccccc5c5ccccc5c4c3)c3cccc4c3c3cccc5c6ccccc6n4c53)cc21. The zero-order chi connectivity index (χ0) is 35.0. The number of anilines is 3. The van der Waals surface area contributed by atoms with Crippen LogP contribution < -0.4 is 4.90 Å². The Kier molecular flexibility index (Phi) is 5.60. The number of para-hydroxylation sites is 2. The molecule has 0 unspecified atom stereocenters. The molecule has 2 aromatic heterocycles. The van der Waals surface area contributed by atoms with Crippen LogP contribution in [0, 0.1) is 0 Å². The average Bonchev–Trinajstić information content (AvgIpc) is 3.81. The van der Waals surface area contributed by atoms with Gasteiger partial charge in [-0.3, -0.25) is 0 Å². The molecular formula is C51H34N2. The van der Waals surface area contributed by atoms with Crippen molar-refractivity contribution >= 4 is 87.5 Å². The molecule has 0 saturated heterocycles. The zero-order valence-electron chi connectivity index (χ0n) is 29.6. The molecule has 11 aromatic rings. The lowest BCUT2D eigenvalue weighted by molar-refractivity contribution is 0.660. The fourth-order valence-corrected chi connectivity index (χ4v) is 9.94. The second-order valence-corrected chi connectivity index (χ2v) is 15.3. The quantitative estimate of drug-likeness (QED) is 0.169. The number of aromatic nitrogens is 1. The summed E-state index contributed by atoms with van der Waals surface area (Å²) in [5, 5.41) is 12.8. The Bertz CT molecular complexity index is 3290. The highest BCUT2D eigenvalue weighted by molar-refractivity contribution is 6.28. The van der Waals surface area contributed by atoms with Crippen LogP contribution in [0.4, 0.5) is 17.1 Å². The molecule has 0 radical (unpaired) electrons. The van der Waals surface area contributed by atoms with E-state index >= 15 is 0 Å². The maximum absolute atomic E-state index is 2.52. The topological polar surface area (TPSA) is 7.65 Å². The van der Waals surface area contributed by atoms with Gasteiger partial charge in [-0.05, 0) is 97.0 Å². The lowest BCUT2D eigenvalue weighted by Crippen LogP contribution is -2.16. The van der Waals surface area contributed by atoms with Crippen molar-refractivity contribution in [2.45, 2.75) is 19.3 Å². The van der Waals surface area contributed by atoms with E-state index in [-0.39, 0.29) is 5.41 Å². The molecule has 1 aliphatic rings. The van der Waals surface area contributed by atoms with Crippen LogP contribution >= 0.6 is 0 Å². The predicted octanol–water partition coefficient (Wildman–Crippen LogP) is 14.1. The summed E-state index contributed by atoms with van der Waals surface area (Å²) in [5.41, 5.74) is 12.6. The largest absolute Gasteiger partial charge is 0.310 e. The van der Waals surface area contributed by atoms with E-state index in [1.807, 2.05) is 0 Å². The molecule has 12 rings (SSSR count). The highest BCUT2D eigenvalue weighted by atomic mass is 15.1. The van der Waals surface area contributed by atoms with Gasteiger partial charge in [0.1, 0.15) is 0 Å². The van der Waals surface area contributed by atoms with E-state index in [1.54, 1.807) is 0 Å². The molecule has 0 bridgehead atoms. The van der Waals surface area contributed by atoms with Crippen molar-refractivity contribution in [1.82, 2.24) is 4.40 Å². The Labute approximate surface area is 307 Å². The van der Waals surface area contributed by atoms with E-state index in [2.05, 4.69) is 193 Å². The number of benzene rings is 9. The van der Waals surface area contributed by atoms with Crippen molar-refractivity contribution in [3.8, 4) is 11.1 Å². The smallest absolute Gasteiger partial charge is 0.0621 e. The van der Waals surface area contributed by atoms with E-state index in [4.69, 9.17) is 0 Å². The number of hydrogen-bond acceptors (Lipinski definition) is 1. The van der Waals surface area contributed by atoms with E-state index in [0.29, 0.717) is 0 Å². The minimum Gasteiger partial charge on any atom is -0.310 e. The van der Waals surface area contributed by atoms with Crippen LogP contribution in [0.2, 0.25) is 0 Å². The van der Waals surface area contributed by atoms with Gasteiger partial charge >= 0.3 is 0 Å². The summed E-state index contributed by atoms with van der Waals surface area (Å²) in [6.45, 7) is 4.75. The maximum Gasteiger partial charge on any atom is 0.0621 e. The summed E-state index contributed by atoms with van der Waals surface area (Å²) in [7, 11) is 0. The molecule has 0 atom stereocenters. The molecular weight excluding hydrogens is 641 g/mol. The fraction of sp³-hybridized carbons (Fsp3) is 0.0588. The van der Waals surface area contributed by atoms with Gasteiger partial charge in [0.25, 0.3) is 0 Å². The van der Waals surface area contributed by atoms with Gasteiger partial charge in [0, 0.05) is 38.3 Å². The van der Waals surface area contributed by atoms with Gasteiger partial charge in [0.15, 0.2) is 0 Å². The lowest BCUT2D eigenvalue weighted by Gasteiger charge is -2.29. The van der Waals surface area contributed by atoms with E-state index < -0.39 is 0 Å². The standard InChI is InChI=1S/C51H34N2/c1-51(2)44-21-9-7-17-38(44)39-28-26-32(30-45(39)51)52(31-25-27-37-35-15-4-3-13-33(35)34-14-5-6-16-36(34)43(37)29-31)47-23-12-24-48-49(47)42-20-11-19-41-40-18-8-10-22-46(40)53(48)50(41)42/h3-30H,1-2H3. The van der Waals surface area contributed by atoms with Crippen LogP contribution in [0.3, 0.4) is 0 Å². The fourth-order valence-electron chi connectivity index (χ4n) is 9.94. The molecule has 1 aliphatic carbocycles. The number of nitrogens with zero attached hydrogens (tertiary/aromatic N) is 2. The Balaban J connectivity index is 1.20.